The highest BCUT2D eigenvalue weighted by atomic mass is 35.5. The van der Waals surface area contributed by atoms with E-state index in [4.69, 9.17) is 21.1 Å². The van der Waals surface area contributed by atoms with Crippen LogP contribution in [0, 0.1) is 12.3 Å². The van der Waals surface area contributed by atoms with Crippen LogP contribution in [0.2, 0.25) is 0 Å². The first-order valence-corrected chi connectivity index (χ1v) is 15.6. The molecule has 0 bridgehead atoms. The molecule has 1 aliphatic rings. The average molecular weight is 671 g/mol. The number of amides is 2. The summed E-state index contributed by atoms with van der Waals surface area (Å²) in [5.74, 6) is 1.64. The summed E-state index contributed by atoms with van der Waals surface area (Å²) < 4.78 is 12.0. The molecule has 3 heterocycles. The van der Waals surface area contributed by atoms with Crippen molar-refractivity contribution in [2.24, 2.45) is 0 Å². The Morgan fingerprint density at radius 3 is 2.35 bits per heavy atom. The number of nitrogens with zero attached hydrogens (tertiary/aromatic N) is 4. The molecule has 0 saturated carbocycles. The van der Waals surface area contributed by atoms with Crippen molar-refractivity contribution in [3.05, 3.63) is 70.2 Å². The number of hydrazine groups is 1. The number of allylic oxidation sites excluding steroid dienone is 2. The highest BCUT2D eigenvalue weighted by Crippen LogP contribution is 2.32. The fourth-order valence-corrected chi connectivity index (χ4v) is 4.84. The molecule has 2 N–H and O–H groups in total. The zero-order chi connectivity index (χ0) is 34.6. The molecule has 0 unspecified atom stereocenters. The molecule has 2 aromatic heterocycles. The Balaban J connectivity index is 0.000000958. The third-order valence-corrected chi connectivity index (χ3v) is 7.03. The Kier molecular flexibility index (Phi) is 14.5. The predicted octanol–water partition coefficient (Wildman–Crippen LogP) is 6.47. The first-order valence-electron chi connectivity index (χ1n) is 14.4. The molecule has 2 amide bonds. The summed E-state index contributed by atoms with van der Waals surface area (Å²) in [6, 6.07) is 8.98. The molecule has 248 valence electrons. The molecule has 0 radical (unpaired) electrons. The number of nitrogens with one attached hydrogen (secondary N) is 2. The third kappa shape index (κ3) is 12.0. The van der Waals surface area contributed by atoms with Crippen molar-refractivity contribution in [1.82, 2.24) is 25.1 Å². The topological polar surface area (TPSA) is 118 Å². The lowest BCUT2D eigenvalue weighted by atomic mass is 10.1. The summed E-state index contributed by atoms with van der Waals surface area (Å²) in [7, 11) is 1.68. The molecule has 3 aromatic rings. The first-order chi connectivity index (χ1) is 21.6. The zero-order valence-corrected chi connectivity index (χ0v) is 29.1. The smallest absolute Gasteiger partial charge is 0.436 e. The third-order valence-electron chi connectivity index (χ3n) is 5.92. The molecule has 0 spiro atoms. The number of ether oxygens (including phenoxy) is 2. The second-order valence-corrected chi connectivity index (χ2v) is 13.0. The van der Waals surface area contributed by atoms with E-state index in [1.165, 1.54) is 5.01 Å². The molecular formula is C33H43ClN6O5S. The van der Waals surface area contributed by atoms with Crippen LogP contribution in [0.15, 0.2) is 54.2 Å². The van der Waals surface area contributed by atoms with Gasteiger partial charge in [0.2, 0.25) is 0 Å². The van der Waals surface area contributed by atoms with Gasteiger partial charge in [-0.25, -0.2) is 4.79 Å². The second-order valence-electron chi connectivity index (χ2n) is 11.3. The first kappa shape index (κ1) is 38.0. The van der Waals surface area contributed by atoms with Crippen molar-refractivity contribution in [3.63, 3.8) is 0 Å². The van der Waals surface area contributed by atoms with Gasteiger partial charge in [-0.05, 0) is 65.3 Å². The number of aromatic nitrogens is 2. The Labute approximate surface area is 280 Å². The van der Waals surface area contributed by atoms with Crippen LogP contribution in [-0.2, 0) is 16.0 Å². The lowest BCUT2D eigenvalue weighted by molar-refractivity contribution is 0.0342. The molecule has 11 nitrogen and oxygen atoms in total. The van der Waals surface area contributed by atoms with Gasteiger partial charge >= 0.3 is 6.09 Å². The lowest BCUT2D eigenvalue weighted by Crippen LogP contribution is -2.37. The van der Waals surface area contributed by atoms with Crippen LogP contribution in [0.25, 0.3) is 10.2 Å². The van der Waals surface area contributed by atoms with Crippen molar-refractivity contribution in [3.8, 4) is 12.3 Å². The Morgan fingerprint density at radius 1 is 1.17 bits per heavy atom. The minimum atomic E-state index is -0.763. The van der Waals surface area contributed by atoms with Gasteiger partial charge in [0.05, 0.1) is 23.5 Å². The van der Waals surface area contributed by atoms with Crippen molar-refractivity contribution in [2.45, 2.75) is 53.7 Å². The van der Waals surface area contributed by atoms with E-state index in [0.29, 0.717) is 51.1 Å². The zero-order valence-electron chi connectivity index (χ0n) is 27.5. The molecule has 46 heavy (non-hydrogen) atoms. The lowest BCUT2D eigenvalue weighted by Gasteiger charge is -2.26. The van der Waals surface area contributed by atoms with Gasteiger partial charge in [0, 0.05) is 43.0 Å². The maximum absolute atomic E-state index is 13.3. The second kappa shape index (κ2) is 17.5. The summed E-state index contributed by atoms with van der Waals surface area (Å²) in [5.41, 5.74) is 4.06. The number of carbonyl (C=O) groups excluding carboxylic acids is 3. The summed E-state index contributed by atoms with van der Waals surface area (Å²) in [4.78, 5) is 42.1. The van der Waals surface area contributed by atoms with Crippen LogP contribution >= 0.6 is 22.9 Å². The Hall–Kier alpha value is -4.15. The van der Waals surface area contributed by atoms with Crippen LogP contribution in [0.1, 0.15) is 67.1 Å². The molecule has 0 atom stereocenters. The van der Waals surface area contributed by atoms with Gasteiger partial charge in [-0.2, -0.15) is 4.68 Å². The normalized spacial score (nSPS) is 12.8. The molecule has 1 aromatic carbocycles. The number of morpholine rings is 1. The van der Waals surface area contributed by atoms with Crippen LogP contribution in [0.5, 0.6) is 0 Å². The molecule has 1 aliphatic heterocycles. The Bertz CT molecular complexity index is 1590. The average Bonchev–Trinajstić information content (AvgIpc) is 3.53. The van der Waals surface area contributed by atoms with Crippen LogP contribution in [-0.4, -0.2) is 76.5 Å². The SMILES string of the molecule is C#CC.C=C(C)Cl.C=C(C)N(C)NC(=O)c1cc2c(NC(=O)c3cccc(CN4CCOCC4)c3)nn(C(=O)OC(C)(C)C)c2s1. The van der Waals surface area contributed by atoms with E-state index < -0.39 is 11.7 Å². The van der Waals surface area contributed by atoms with E-state index >= 15 is 0 Å². The standard InChI is InChI=1S/C27H34N6O5S.C3H5Cl.C3H4/c1-17(2)31(6)30-24(35)21-15-20-22(29-33(25(20)39-21)26(36)38-27(3,4)5)28-23(34)19-9-7-8-18(14-19)16-32-10-12-37-13-11-32;1-3(2)4;1-3-2/h7-9,14-15H,1,10-13,16H2,2-6H3,(H,30,35)(H,28,29,34);1H2,2H3;1H,2H3. The largest absolute Gasteiger partial charge is 0.442 e. The van der Waals surface area contributed by atoms with E-state index in [1.54, 1.807) is 60.7 Å². The van der Waals surface area contributed by atoms with Gasteiger partial charge in [-0.3, -0.25) is 24.9 Å². The van der Waals surface area contributed by atoms with Crippen molar-refractivity contribution in [1.29, 1.82) is 0 Å². The van der Waals surface area contributed by atoms with E-state index in [2.05, 4.69) is 46.2 Å². The maximum Gasteiger partial charge on any atom is 0.436 e. The van der Waals surface area contributed by atoms with Gasteiger partial charge in [0.1, 0.15) is 10.4 Å². The van der Waals surface area contributed by atoms with E-state index in [-0.39, 0.29) is 17.6 Å². The monoisotopic (exact) mass is 670 g/mol. The van der Waals surface area contributed by atoms with Crippen LogP contribution in [0.4, 0.5) is 10.6 Å². The van der Waals surface area contributed by atoms with Gasteiger partial charge in [0.25, 0.3) is 11.8 Å². The number of thiophene rings is 1. The molecule has 1 fully saturated rings. The summed E-state index contributed by atoms with van der Waals surface area (Å²) in [6.07, 6.45) is 3.88. The van der Waals surface area contributed by atoms with E-state index in [0.717, 1.165) is 34.7 Å². The van der Waals surface area contributed by atoms with Crippen molar-refractivity contribution in [2.75, 3.05) is 38.7 Å². The van der Waals surface area contributed by atoms with Gasteiger partial charge in [0.15, 0.2) is 5.82 Å². The number of rotatable bonds is 7. The number of benzene rings is 1. The minimum Gasteiger partial charge on any atom is -0.442 e. The number of fused-ring (bicyclic) bond motifs is 1. The number of terminal acetylenes is 1. The number of hydrogen-bond acceptors (Lipinski definition) is 9. The molecule has 1 saturated heterocycles. The maximum atomic E-state index is 13.3. The van der Waals surface area contributed by atoms with Crippen molar-refractivity contribution >= 4 is 56.9 Å². The number of anilines is 1. The summed E-state index contributed by atoms with van der Waals surface area (Å²) in [6.45, 7) is 21.3. The summed E-state index contributed by atoms with van der Waals surface area (Å²) >= 11 is 6.15. The van der Waals surface area contributed by atoms with Gasteiger partial charge in [-0.15, -0.1) is 28.8 Å². The fourth-order valence-electron chi connectivity index (χ4n) is 3.85. The van der Waals surface area contributed by atoms with Crippen LogP contribution in [0.3, 0.4) is 0 Å². The van der Waals surface area contributed by atoms with E-state index in [9.17, 15) is 14.4 Å². The van der Waals surface area contributed by atoms with E-state index in [1.807, 2.05) is 18.2 Å². The number of halogens is 1. The quantitative estimate of drug-likeness (QED) is 0.217. The van der Waals surface area contributed by atoms with Gasteiger partial charge in [-0.1, -0.05) is 36.9 Å². The molecule has 0 aliphatic carbocycles. The van der Waals surface area contributed by atoms with Gasteiger partial charge < -0.3 is 14.8 Å². The Morgan fingerprint density at radius 2 is 1.78 bits per heavy atom. The fraction of sp³-hybridized carbons (Fsp3) is 0.394. The molecule has 4 rings (SSSR count). The predicted molar refractivity (Wildman–Crippen MR) is 185 cm³/mol. The summed E-state index contributed by atoms with van der Waals surface area (Å²) in [5, 5.41) is 9.76. The molecule has 13 heteroatoms. The van der Waals surface area contributed by atoms with Crippen LogP contribution < -0.4 is 10.7 Å². The minimum absolute atomic E-state index is 0.156. The molecular weight excluding hydrogens is 628 g/mol. The number of hydrogen-bond donors (Lipinski definition) is 2. The highest BCUT2D eigenvalue weighted by molar-refractivity contribution is 7.20. The highest BCUT2D eigenvalue weighted by Gasteiger charge is 2.26. The number of carbonyl (C=O) groups is 3. The van der Waals surface area contributed by atoms with Crippen molar-refractivity contribution < 1.29 is 23.9 Å².